The van der Waals surface area contributed by atoms with Crippen LogP contribution in [-0.2, 0) is 13.0 Å². The minimum absolute atomic E-state index is 0.0452. The Morgan fingerprint density at radius 1 is 1.32 bits per heavy atom. The van der Waals surface area contributed by atoms with Crippen molar-refractivity contribution in [2.45, 2.75) is 32.4 Å². The molecule has 3 aromatic rings. The van der Waals surface area contributed by atoms with Gasteiger partial charge in [-0.2, -0.15) is 10.2 Å². The zero-order chi connectivity index (χ0) is 17.2. The Kier molecular flexibility index (Phi) is 3.93. The highest BCUT2D eigenvalue weighted by Crippen LogP contribution is 2.19. The van der Waals surface area contributed by atoms with Crippen LogP contribution in [0.2, 0.25) is 0 Å². The molecule has 0 saturated carbocycles. The van der Waals surface area contributed by atoms with Gasteiger partial charge in [0, 0.05) is 24.5 Å². The molecule has 1 aliphatic rings. The molecule has 128 valence electrons. The third-order valence-electron chi connectivity index (χ3n) is 4.38. The zero-order valence-corrected chi connectivity index (χ0v) is 13.9. The van der Waals surface area contributed by atoms with Gasteiger partial charge in [-0.1, -0.05) is 6.07 Å². The lowest BCUT2D eigenvalue weighted by Gasteiger charge is -2.24. The highest BCUT2D eigenvalue weighted by atomic mass is 16.2. The van der Waals surface area contributed by atoms with Gasteiger partial charge in [0.05, 0.1) is 18.3 Å². The van der Waals surface area contributed by atoms with Crippen LogP contribution < -0.4 is 10.6 Å². The van der Waals surface area contributed by atoms with Crippen molar-refractivity contribution in [3.8, 4) is 5.69 Å². The van der Waals surface area contributed by atoms with Gasteiger partial charge in [-0.15, -0.1) is 0 Å². The summed E-state index contributed by atoms with van der Waals surface area (Å²) in [6.45, 7) is 2.61. The highest BCUT2D eigenvalue weighted by molar-refractivity contribution is 5.90. The van der Waals surface area contributed by atoms with Crippen LogP contribution in [0.3, 0.4) is 0 Å². The molecule has 8 nitrogen and oxygen atoms in total. The van der Waals surface area contributed by atoms with E-state index in [-0.39, 0.29) is 12.1 Å². The van der Waals surface area contributed by atoms with E-state index in [2.05, 4.69) is 25.8 Å². The van der Waals surface area contributed by atoms with Crippen LogP contribution in [0, 0.1) is 6.92 Å². The van der Waals surface area contributed by atoms with Gasteiger partial charge in [-0.25, -0.2) is 19.1 Å². The number of aromatic nitrogens is 5. The Hall–Kier alpha value is -3.16. The van der Waals surface area contributed by atoms with Crippen LogP contribution in [-0.4, -0.2) is 36.6 Å². The third kappa shape index (κ3) is 3.23. The molecule has 3 heterocycles. The number of aryl methyl sites for hydroxylation is 2. The van der Waals surface area contributed by atoms with Crippen molar-refractivity contribution < 1.29 is 4.79 Å². The molecule has 0 aliphatic carbocycles. The maximum Gasteiger partial charge on any atom is 0.319 e. The number of amides is 2. The van der Waals surface area contributed by atoms with E-state index < -0.39 is 0 Å². The molecule has 4 rings (SSSR count). The quantitative estimate of drug-likeness (QED) is 0.764. The summed E-state index contributed by atoms with van der Waals surface area (Å²) in [5.74, 6) is 0.973. The van der Waals surface area contributed by atoms with E-state index >= 15 is 0 Å². The molecule has 1 atom stereocenters. The summed E-state index contributed by atoms with van der Waals surface area (Å²) < 4.78 is 3.61. The third-order valence-corrected chi connectivity index (χ3v) is 4.38. The normalized spacial score (nSPS) is 16.3. The molecule has 0 fully saturated rings. The van der Waals surface area contributed by atoms with E-state index in [0.29, 0.717) is 6.54 Å². The van der Waals surface area contributed by atoms with Crippen LogP contribution in [0.4, 0.5) is 10.5 Å². The molecular weight excluding hydrogens is 318 g/mol. The molecule has 0 radical (unpaired) electrons. The second-order valence-corrected chi connectivity index (χ2v) is 6.14. The van der Waals surface area contributed by atoms with Crippen molar-refractivity contribution in [3.05, 3.63) is 54.4 Å². The topological polar surface area (TPSA) is 89.7 Å². The van der Waals surface area contributed by atoms with Gasteiger partial charge in [0.1, 0.15) is 12.2 Å². The standard InChI is InChI=1S/C17H19N7O/c1-12-3-5-14(23-8-2-7-19-23)9-15(12)22-17(25)21-13-4-6-16-18-11-20-24(16)10-13/h2-3,5,7-9,11,13H,4,6,10H2,1H3,(H2,21,22,25). The highest BCUT2D eigenvalue weighted by Gasteiger charge is 2.21. The Bertz CT molecular complexity index is 884. The fourth-order valence-electron chi connectivity index (χ4n) is 3.01. The van der Waals surface area contributed by atoms with E-state index in [1.54, 1.807) is 17.2 Å². The van der Waals surface area contributed by atoms with Crippen molar-refractivity contribution in [1.82, 2.24) is 29.9 Å². The van der Waals surface area contributed by atoms with Crippen molar-refractivity contribution >= 4 is 11.7 Å². The minimum atomic E-state index is -0.214. The van der Waals surface area contributed by atoms with Crippen molar-refractivity contribution in [3.63, 3.8) is 0 Å². The number of urea groups is 1. The van der Waals surface area contributed by atoms with Crippen LogP contribution in [0.15, 0.2) is 43.0 Å². The maximum atomic E-state index is 12.4. The van der Waals surface area contributed by atoms with Gasteiger partial charge in [-0.3, -0.25) is 0 Å². The van der Waals surface area contributed by atoms with Crippen molar-refractivity contribution in [2.75, 3.05) is 5.32 Å². The second-order valence-electron chi connectivity index (χ2n) is 6.14. The van der Waals surface area contributed by atoms with Crippen molar-refractivity contribution in [1.29, 1.82) is 0 Å². The fourth-order valence-corrected chi connectivity index (χ4v) is 3.01. The van der Waals surface area contributed by atoms with Gasteiger partial charge in [0.15, 0.2) is 0 Å². The lowest BCUT2D eigenvalue weighted by molar-refractivity contribution is 0.243. The van der Waals surface area contributed by atoms with Gasteiger partial charge >= 0.3 is 6.03 Å². The van der Waals surface area contributed by atoms with E-state index in [1.165, 1.54) is 0 Å². The average molecular weight is 337 g/mol. The summed E-state index contributed by atoms with van der Waals surface area (Å²) in [7, 11) is 0. The fraction of sp³-hybridized carbons (Fsp3) is 0.294. The van der Waals surface area contributed by atoms with Crippen LogP contribution in [0.5, 0.6) is 0 Å². The molecule has 0 bridgehead atoms. The molecule has 0 saturated heterocycles. The van der Waals surface area contributed by atoms with Gasteiger partial charge < -0.3 is 10.6 Å². The number of nitrogens with one attached hydrogen (secondary N) is 2. The first kappa shape index (κ1) is 15.4. The summed E-state index contributed by atoms with van der Waals surface area (Å²) in [4.78, 5) is 16.6. The molecule has 0 spiro atoms. The number of hydrogen-bond acceptors (Lipinski definition) is 4. The average Bonchev–Trinajstić information content (AvgIpc) is 3.27. The Morgan fingerprint density at radius 3 is 3.08 bits per heavy atom. The largest absolute Gasteiger partial charge is 0.333 e. The Morgan fingerprint density at radius 2 is 2.24 bits per heavy atom. The summed E-state index contributed by atoms with van der Waals surface area (Å²) in [5, 5.41) is 14.4. The minimum Gasteiger partial charge on any atom is -0.333 e. The SMILES string of the molecule is Cc1ccc(-n2cccn2)cc1NC(=O)NC1CCc2ncnn2C1. The first-order valence-electron chi connectivity index (χ1n) is 8.24. The molecule has 8 heteroatoms. The maximum absolute atomic E-state index is 12.4. The Balaban J connectivity index is 1.43. The number of carbonyl (C=O) groups excluding carboxylic acids is 1. The molecule has 2 aromatic heterocycles. The van der Waals surface area contributed by atoms with Crippen LogP contribution >= 0.6 is 0 Å². The number of anilines is 1. The first-order chi connectivity index (χ1) is 12.2. The smallest absolute Gasteiger partial charge is 0.319 e. The van der Waals surface area contributed by atoms with E-state index in [4.69, 9.17) is 0 Å². The summed E-state index contributed by atoms with van der Waals surface area (Å²) in [6, 6.07) is 7.55. The number of benzene rings is 1. The number of rotatable bonds is 3. The van der Waals surface area contributed by atoms with Crippen LogP contribution in [0.1, 0.15) is 17.8 Å². The summed E-state index contributed by atoms with van der Waals surface area (Å²) in [6.07, 6.45) is 6.83. The second kappa shape index (κ2) is 6.39. The predicted octanol–water partition coefficient (Wildman–Crippen LogP) is 1.91. The predicted molar refractivity (Wildman–Crippen MR) is 92.6 cm³/mol. The molecule has 2 N–H and O–H groups in total. The molecule has 25 heavy (non-hydrogen) atoms. The molecule has 1 unspecified atom stereocenters. The monoisotopic (exact) mass is 337 g/mol. The van der Waals surface area contributed by atoms with Gasteiger partial charge in [0.2, 0.25) is 0 Å². The Labute approximate surface area is 144 Å². The number of nitrogens with zero attached hydrogens (tertiary/aromatic N) is 5. The molecule has 1 aromatic carbocycles. The number of carbonyl (C=O) groups is 1. The van der Waals surface area contributed by atoms with E-state index in [1.807, 2.05) is 42.1 Å². The lowest BCUT2D eigenvalue weighted by Crippen LogP contribution is -2.43. The molecular formula is C17H19N7O. The van der Waals surface area contributed by atoms with Gasteiger partial charge in [-0.05, 0) is 37.1 Å². The summed E-state index contributed by atoms with van der Waals surface area (Å²) in [5.41, 5.74) is 2.66. The van der Waals surface area contributed by atoms with E-state index in [0.717, 1.165) is 35.6 Å². The lowest BCUT2D eigenvalue weighted by atomic mass is 10.1. The number of hydrogen-bond donors (Lipinski definition) is 2. The number of fused-ring (bicyclic) bond motifs is 1. The van der Waals surface area contributed by atoms with Crippen molar-refractivity contribution in [2.24, 2.45) is 0 Å². The van der Waals surface area contributed by atoms with Crippen LogP contribution in [0.25, 0.3) is 5.69 Å². The molecule has 2 amide bonds. The van der Waals surface area contributed by atoms with Gasteiger partial charge in [0.25, 0.3) is 0 Å². The zero-order valence-electron chi connectivity index (χ0n) is 13.9. The molecule has 1 aliphatic heterocycles. The van der Waals surface area contributed by atoms with E-state index in [9.17, 15) is 4.79 Å². The first-order valence-corrected chi connectivity index (χ1v) is 8.24. The summed E-state index contributed by atoms with van der Waals surface area (Å²) >= 11 is 0.